The van der Waals surface area contributed by atoms with Gasteiger partial charge in [-0.1, -0.05) is 20.1 Å². The van der Waals surface area contributed by atoms with Gasteiger partial charge in [-0.3, -0.25) is 0 Å². The zero-order chi connectivity index (χ0) is 19.6. The van der Waals surface area contributed by atoms with Crippen LogP contribution < -0.4 is 15.5 Å². The summed E-state index contributed by atoms with van der Waals surface area (Å²) in [4.78, 5) is 11.8. The number of rotatable bonds is 10. The van der Waals surface area contributed by atoms with E-state index in [4.69, 9.17) is 4.98 Å². The van der Waals surface area contributed by atoms with Gasteiger partial charge in [0.2, 0.25) is 5.95 Å². The van der Waals surface area contributed by atoms with Crippen molar-refractivity contribution in [1.82, 2.24) is 20.6 Å². The third-order valence-corrected chi connectivity index (χ3v) is 5.00. The van der Waals surface area contributed by atoms with Crippen LogP contribution in [0.2, 0.25) is 0 Å². The van der Waals surface area contributed by atoms with Gasteiger partial charge in [0.25, 0.3) is 0 Å². The molecule has 0 spiro atoms. The number of aromatic nitrogens is 2. The van der Waals surface area contributed by atoms with Crippen molar-refractivity contribution in [2.24, 2.45) is 10.2 Å². The molecule has 1 saturated heterocycles. The summed E-state index contributed by atoms with van der Waals surface area (Å²) in [5, 5.41) is 14.1. The number of anilines is 1. The quantitative estimate of drug-likeness (QED) is 0.615. The maximum atomic E-state index is 4.92. The third kappa shape index (κ3) is 6.43. The Labute approximate surface area is 163 Å². The van der Waals surface area contributed by atoms with Crippen LogP contribution >= 0.6 is 0 Å². The fraction of sp³-hybridized carbons (Fsp3) is 0.600. The van der Waals surface area contributed by atoms with Crippen LogP contribution in [-0.2, 0) is 0 Å². The number of azo groups is 1. The Kier molecular flexibility index (Phi) is 8.39. The predicted molar refractivity (Wildman–Crippen MR) is 111 cm³/mol. The minimum Gasteiger partial charge on any atom is -0.343 e. The van der Waals surface area contributed by atoms with Gasteiger partial charge >= 0.3 is 0 Å². The molecule has 1 fully saturated rings. The maximum absolute atomic E-state index is 4.92. The van der Waals surface area contributed by atoms with Gasteiger partial charge in [-0.25, -0.2) is 9.97 Å². The Morgan fingerprint density at radius 2 is 2.15 bits per heavy atom. The van der Waals surface area contributed by atoms with Crippen LogP contribution in [0.3, 0.4) is 0 Å². The van der Waals surface area contributed by atoms with Crippen LogP contribution in [0.15, 0.2) is 47.2 Å². The fourth-order valence-electron chi connectivity index (χ4n) is 3.25. The third-order valence-electron chi connectivity index (χ3n) is 5.00. The van der Waals surface area contributed by atoms with Crippen molar-refractivity contribution in [3.63, 3.8) is 0 Å². The zero-order valence-corrected chi connectivity index (χ0v) is 16.9. The highest BCUT2D eigenvalue weighted by Gasteiger charge is 2.20. The molecule has 0 bridgehead atoms. The van der Waals surface area contributed by atoms with E-state index in [1.165, 1.54) is 0 Å². The second-order valence-electron chi connectivity index (χ2n) is 6.98. The van der Waals surface area contributed by atoms with Gasteiger partial charge in [0, 0.05) is 49.6 Å². The molecule has 0 aromatic carbocycles. The lowest BCUT2D eigenvalue weighted by atomic mass is 9.94. The fourth-order valence-corrected chi connectivity index (χ4v) is 3.25. The molecule has 0 amide bonds. The van der Waals surface area contributed by atoms with Crippen LogP contribution in [0.1, 0.15) is 51.1 Å². The van der Waals surface area contributed by atoms with Crippen LogP contribution in [0.5, 0.6) is 0 Å². The minimum atomic E-state index is 0.347. The number of hydrogen-bond donors (Lipinski definition) is 2. The molecule has 148 valence electrons. The minimum absolute atomic E-state index is 0.347. The average Bonchev–Trinajstić information content (AvgIpc) is 2.69. The van der Waals surface area contributed by atoms with E-state index in [0.717, 1.165) is 62.7 Å². The number of nitrogens with one attached hydrogen (secondary N) is 2. The van der Waals surface area contributed by atoms with Crippen LogP contribution in [0, 0.1) is 0 Å². The van der Waals surface area contributed by atoms with Gasteiger partial charge in [-0.15, -0.1) is 5.11 Å². The zero-order valence-electron chi connectivity index (χ0n) is 16.9. The number of nitrogens with zero attached hydrogens (tertiary/aromatic N) is 5. The SMILES string of the molecule is C=C(CCN(c1nccc(C2CCNCC2)n1)[C@H](C)CC)NC(=C)/N=N\C. The summed E-state index contributed by atoms with van der Waals surface area (Å²) in [6, 6.07) is 2.41. The first-order valence-corrected chi connectivity index (χ1v) is 9.79. The Hall–Kier alpha value is -2.28. The lowest BCUT2D eigenvalue weighted by molar-refractivity contribution is 0.452. The lowest BCUT2D eigenvalue weighted by Gasteiger charge is -2.30. The van der Waals surface area contributed by atoms with E-state index >= 15 is 0 Å². The molecule has 1 aliphatic heterocycles. The van der Waals surface area contributed by atoms with E-state index < -0.39 is 0 Å². The average molecular weight is 372 g/mol. The molecular weight excluding hydrogens is 338 g/mol. The molecule has 1 aromatic rings. The molecular formula is C20H33N7. The van der Waals surface area contributed by atoms with E-state index in [2.05, 4.69) is 63.8 Å². The standard InChI is InChI=1S/C20H33N7/c1-6-16(3)27(14-10-15(2)24-17(4)26-21-5)20-23-13-9-19(25-20)18-7-11-22-12-8-18/h9,13,16,18,22,24H,2,4,6-8,10-12,14H2,1,3,5H3/b26-21-/t16-/m1/s1. The second kappa shape index (κ2) is 10.8. The first kappa shape index (κ1) is 21.0. The predicted octanol–water partition coefficient (Wildman–Crippen LogP) is 3.60. The van der Waals surface area contributed by atoms with Crippen molar-refractivity contribution < 1.29 is 0 Å². The highest BCUT2D eigenvalue weighted by Crippen LogP contribution is 2.25. The second-order valence-corrected chi connectivity index (χ2v) is 6.98. The number of hydrogen-bond acceptors (Lipinski definition) is 7. The van der Waals surface area contributed by atoms with E-state index in [1.807, 2.05) is 6.20 Å². The van der Waals surface area contributed by atoms with Gasteiger partial charge < -0.3 is 15.5 Å². The Morgan fingerprint density at radius 3 is 2.81 bits per heavy atom. The van der Waals surface area contributed by atoms with Gasteiger partial charge in [0.15, 0.2) is 0 Å². The summed E-state index contributed by atoms with van der Waals surface area (Å²) >= 11 is 0. The van der Waals surface area contributed by atoms with Gasteiger partial charge in [0.05, 0.1) is 0 Å². The summed E-state index contributed by atoms with van der Waals surface area (Å²) in [7, 11) is 1.62. The highest BCUT2D eigenvalue weighted by atomic mass is 15.3. The maximum Gasteiger partial charge on any atom is 0.225 e. The van der Waals surface area contributed by atoms with E-state index in [1.54, 1.807) is 7.05 Å². The number of piperidine rings is 1. The van der Waals surface area contributed by atoms with Crippen molar-refractivity contribution in [1.29, 1.82) is 0 Å². The summed E-state index contributed by atoms with van der Waals surface area (Å²) in [6.07, 6.45) is 5.94. The van der Waals surface area contributed by atoms with E-state index in [0.29, 0.717) is 17.8 Å². The van der Waals surface area contributed by atoms with E-state index in [9.17, 15) is 0 Å². The van der Waals surface area contributed by atoms with E-state index in [-0.39, 0.29) is 0 Å². The molecule has 0 radical (unpaired) electrons. The van der Waals surface area contributed by atoms with Gasteiger partial charge in [0.1, 0.15) is 5.82 Å². The summed E-state index contributed by atoms with van der Waals surface area (Å²) < 4.78 is 0. The molecule has 7 nitrogen and oxygen atoms in total. The molecule has 7 heteroatoms. The Bertz CT molecular complexity index is 649. The highest BCUT2D eigenvalue weighted by molar-refractivity contribution is 5.33. The molecule has 0 saturated carbocycles. The summed E-state index contributed by atoms with van der Waals surface area (Å²) in [5.41, 5.74) is 2.01. The molecule has 1 aliphatic rings. The molecule has 2 heterocycles. The largest absolute Gasteiger partial charge is 0.343 e. The molecule has 2 N–H and O–H groups in total. The molecule has 0 unspecified atom stereocenters. The Morgan fingerprint density at radius 1 is 1.41 bits per heavy atom. The lowest BCUT2D eigenvalue weighted by Crippen LogP contribution is -2.36. The van der Waals surface area contributed by atoms with Gasteiger partial charge in [-0.05, 0) is 45.3 Å². The molecule has 0 aliphatic carbocycles. The smallest absolute Gasteiger partial charge is 0.225 e. The van der Waals surface area contributed by atoms with Crippen LogP contribution in [0.25, 0.3) is 0 Å². The summed E-state index contributed by atoms with van der Waals surface area (Å²) in [5.74, 6) is 1.83. The molecule has 2 rings (SSSR count). The topological polar surface area (TPSA) is 77.8 Å². The first-order chi connectivity index (χ1) is 13.0. The molecule has 27 heavy (non-hydrogen) atoms. The van der Waals surface area contributed by atoms with Crippen molar-refractivity contribution in [2.45, 2.75) is 51.5 Å². The van der Waals surface area contributed by atoms with Crippen LogP contribution in [-0.4, -0.2) is 42.7 Å². The molecule has 1 aromatic heterocycles. The molecule has 1 atom stereocenters. The Balaban J connectivity index is 2.07. The first-order valence-electron chi connectivity index (χ1n) is 9.79. The van der Waals surface area contributed by atoms with Crippen molar-refractivity contribution >= 4 is 5.95 Å². The van der Waals surface area contributed by atoms with Crippen LogP contribution in [0.4, 0.5) is 5.95 Å². The monoisotopic (exact) mass is 371 g/mol. The normalized spacial score (nSPS) is 16.3. The van der Waals surface area contributed by atoms with Crippen molar-refractivity contribution in [2.75, 3.05) is 31.6 Å². The van der Waals surface area contributed by atoms with Gasteiger partial charge in [-0.2, -0.15) is 5.11 Å². The van der Waals surface area contributed by atoms with Crippen molar-refractivity contribution in [3.05, 3.63) is 42.6 Å². The summed E-state index contributed by atoms with van der Waals surface area (Å²) in [6.45, 7) is 15.2. The van der Waals surface area contributed by atoms with Crippen molar-refractivity contribution in [3.8, 4) is 0 Å².